The number of carbonyl (C=O) groups is 3. The van der Waals surface area contributed by atoms with Crippen molar-refractivity contribution in [3.63, 3.8) is 0 Å². The second-order valence-electron chi connectivity index (χ2n) is 5.93. The van der Waals surface area contributed by atoms with Crippen LogP contribution in [0.15, 0.2) is 48.5 Å². The van der Waals surface area contributed by atoms with Gasteiger partial charge >= 0.3 is 5.97 Å². The molecule has 0 aromatic heterocycles. The Kier molecular flexibility index (Phi) is 4.97. The average Bonchev–Trinajstić information content (AvgIpc) is 2.60. The third kappa shape index (κ3) is 3.88. The lowest BCUT2D eigenvalue weighted by Gasteiger charge is -2.30. The van der Waals surface area contributed by atoms with Gasteiger partial charge < -0.3 is 10.1 Å². The molecule has 0 spiro atoms. The Bertz CT molecular complexity index is 868. The minimum Gasteiger partial charge on any atom is -0.452 e. The van der Waals surface area contributed by atoms with Gasteiger partial charge in [0.2, 0.25) is 5.91 Å². The highest BCUT2D eigenvalue weighted by atomic mass is 19.1. The summed E-state index contributed by atoms with van der Waals surface area (Å²) in [5.41, 5.74) is 1.53. The zero-order chi connectivity index (χ0) is 18.7. The highest BCUT2D eigenvalue weighted by Crippen LogP contribution is 2.29. The number of nitrogens with one attached hydrogen (secondary N) is 1. The van der Waals surface area contributed by atoms with Crippen molar-refractivity contribution in [2.75, 3.05) is 16.8 Å². The Balaban J connectivity index is 1.68. The molecule has 0 saturated carbocycles. The number of para-hydroxylation sites is 2. The van der Waals surface area contributed by atoms with Crippen molar-refractivity contribution in [1.29, 1.82) is 0 Å². The van der Waals surface area contributed by atoms with Crippen LogP contribution in [0.25, 0.3) is 0 Å². The van der Waals surface area contributed by atoms with E-state index in [1.54, 1.807) is 30.3 Å². The number of esters is 1. The van der Waals surface area contributed by atoms with Gasteiger partial charge in [0.15, 0.2) is 6.10 Å². The van der Waals surface area contributed by atoms with E-state index < -0.39 is 23.8 Å². The molecule has 0 unspecified atom stereocenters. The molecule has 2 aromatic carbocycles. The van der Waals surface area contributed by atoms with Gasteiger partial charge in [0, 0.05) is 0 Å². The zero-order valence-corrected chi connectivity index (χ0v) is 14.1. The van der Waals surface area contributed by atoms with Crippen LogP contribution in [0.2, 0.25) is 0 Å². The van der Waals surface area contributed by atoms with Gasteiger partial charge in [-0.3, -0.25) is 19.3 Å². The largest absolute Gasteiger partial charge is 0.452 e. The average molecular weight is 356 g/mol. The first kappa shape index (κ1) is 17.6. The van der Waals surface area contributed by atoms with Crippen molar-refractivity contribution < 1.29 is 23.5 Å². The smallest absolute Gasteiger partial charge is 0.311 e. The maximum atomic E-state index is 13.2. The second kappa shape index (κ2) is 7.35. The number of hydrogen-bond donors (Lipinski definition) is 1. The van der Waals surface area contributed by atoms with Crippen LogP contribution in [0.4, 0.5) is 15.8 Å². The molecule has 26 heavy (non-hydrogen) atoms. The van der Waals surface area contributed by atoms with Crippen LogP contribution in [0.3, 0.4) is 0 Å². The van der Waals surface area contributed by atoms with Crippen LogP contribution in [-0.4, -0.2) is 30.4 Å². The minimum absolute atomic E-state index is 0.146. The summed E-state index contributed by atoms with van der Waals surface area (Å²) in [5.74, 6) is -1.92. The van der Waals surface area contributed by atoms with Gasteiger partial charge in [-0.1, -0.05) is 24.3 Å². The third-order valence-electron chi connectivity index (χ3n) is 3.93. The number of hydrogen-bond acceptors (Lipinski definition) is 4. The van der Waals surface area contributed by atoms with E-state index in [2.05, 4.69) is 5.32 Å². The topological polar surface area (TPSA) is 75.7 Å². The molecule has 3 rings (SSSR count). The highest BCUT2D eigenvalue weighted by Gasteiger charge is 2.31. The number of carbonyl (C=O) groups excluding carboxylic acids is 3. The summed E-state index contributed by atoms with van der Waals surface area (Å²) < 4.78 is 18.4. The van der Waals surface area contributed by atoms with Crippen molar-refractivity contribution >= 4 is 29.2 Å². The third-order valence-corrected chi connectivity index (χ3v) is 3.93. The first-order valence-corrected chi connectivity index (χ1v) is 8.08. The van der Waals surface area contributed by atoms with Crippen LogP contribution in [0, 0.1) is 5.82 Å². The van der Waals surface area contributed by atoms with E-state index in [0.29, 0.717) is 16.9 Å². The minimum atomic E-state index is -1.07. The molecule has 0 aliphatic carbocycles. The van der Waals surface area contributed by atoms with Gasteiger partial charge in [-0.2, -0.15) is 0 Å². The zero-order valence-electron chi connectivity index (χ0n) is 14.1. The van der Waals surface area contributed by atoms with Crippen LogP contribution in [0.5, 0.6) is 0 Å². The SMILES string of the molecule is C[C@H](OC(=O)Cc1cccc(F)c1)C(=O)N1CC(=O)Nc2ccccc21. The fraction of sp³-hybridized carbons (Fsp3) is 0.211. The number of benzene rings is 2. The summed E-state index contributed by atoms with van der Waals surface area (Å²) in [5, 5.41) is 2.69. The van der Waals surface area contributed by atoms with Crippen molar-refractivity contribution in [3.05, 3.63) is 59.9 Å². The van der Waals surface area contributed by atoms with Gasteiger partial charge in [0.1, 0.15) is 12.4 Å². The quantitative estimate of drug-likeness (QED) is 0.853. The second-order valence-corrected chi connectivity index (χ2v) is 5.93. The van der Waals surface area contributed by atoms with Crippen LogP contribution >= 0.6 is 0 Å². The van der Waals surface area contributed by atoms with E-state index in [4.69, 9.17) is 4.74 Å². The van der Waals surface area contributed by atoms with Gasteiger partial charge in [-0.15, -0.1) is 0 Å². The van der Waals surface area contributed by atoms with Gasteiger partial charge in [0.05, 0.1) is 17.8 Å². The molecule has 0 bridgehead atoms. The van der Waals surface area contributed by atoms with Crippen molar-refractivity contribution in [2.24, 2.45) is 0 Å². The van der Waals surface area contributed by atoms with E-state index in [0.717, 1.165) is 0 Å². The summed E-state index contributed by atoms with van der Waals surface area (Å²) >= 11 is 0. The number of nitrogens with zero attached hydrogens (tertiary/aromatic N) is 1. The molecule has 0 radical (unpaired) electrons. The molecular formula is C19H17FN2O4. The monoisotopic (exact) mass is 356 g/mol. The van der Waals surface area contributed by atoms with Crippen LogP contribution in [-0.2, 0) is 25.5 Å². The van der Waals surface area contributed by atoms with Crippen LogP contribution in [0.1, 0.15) is 12.5 Å². The summed E-state index contributed by atoms with van der Waals surface area (Å²) in [6, 6.07) is 12.5. The number of halogens is 1. The summed E-state index contributed by atoms with van der Waals surface area (Å²) in [4.78, 5) is 37.8. The lowest BCUT2D eigenvalue weighted by molar-refractivity contribution is -0.153. The lowest BCUT2D eigenvalue weighted by Crippen LogP contribution is -2.47. The van der Waals surface area contributed by atoms with E-state index in [9.17, 15) is 18.8 Å². The van der Waals surface area contributed by atoms with Gasteiger partial charge in [0.25, 0.3) is 5.91 Å². The molecule has 7 heteroatoms. The van der Waals surface area contributed by atoms with Crippen molar-refractivity contribution in [2.45, 2.75) is 19.4 Å². The summed E-state index contributed by atoms with van der Waals surface area (Å²) in [6.07, 6.45) is -1.22. The number of fused-ring (bicyclic) bond motifs is 1. The molecule has 0 fully saturated rings. The molecule has 0 saturated heterocycles. The van der Waals surface area contributed by atoms with E-state index >= 15 is 0 Å². The van der Waals surface area contributed by atoms with E-state index in [1.807, 2.05) is 0 Å². The lowest BCUT2D eigenvalue weighted by atomic mass is 10.1. The standard InChI is InChI=1S/C19H17FN2O4/c1-12(26-18(24)10-13-5-4-6-14(20)9-13)19(25)22-11-17(23)21-15-7-2-3-8-16(15)22/h2-9,12H,10-11H2,1H3,(H,21,23)/t12-/m0/s1. The fourth-order valence-electron chi connectivity index (χ4n) is 2.75. The maximum Gasteiger partial charge on any atom is 0.311 e. The summed E-state index contributed by atoms with van der Waals surface area (Å²) in [7, 11) is 0. The number of ether oxygens (including phenoxy) is 1. The van der Waals surface area contributed by atoms with Crippen molar-refractivity contribution in [1.82, 2.24) is 0 Å². The summed E-state index contributed by atoms with van der Waals surface area (Å²) in [6.45, 7) is 1.29. The normalized spacial score (nSPS) is 14.2. The maximum absolute atomic E-state index is 13.2. The first-order chi connectivity index (χ1) is 12.4. The predicted octanol–water partition coefficient (Wildman–Crippen LogP) is 2.29. The molecule has 1 N–H and O–H groups in total. The first-order valence-electron chi connectivity index (χ1n) is 8.08. The molecular weight excluding hydrogens is 339 g/mol. The molecule has 1 atom stereocenters. The van der Waals surface area contributed by atoms with Gasteiger partial charge in [-0.05, 0) is 36.8 Å². The number of rotatable bonds is 4. The van der Waals surface area contributed by atoms with Crippen LogP contribution < -0.4 is 10.2 Å². The Hall–Kier alpha value is -3.22. The number of anilines is 2. The van der Waals surface area contributed by atoms with Gasteiger partial charge in [-0.25, -0.2) is 4.39 Å². The molecule has 2 amide bonds. The van der Waals surface area contributed by atoms with E-state index in [-0.39, 0.29) is 18.9 Å². The molecule has 1 aliphatic rings. The molecule has 2 aromatic rings. The molecule has 1 heterocycles. The molecule has 134 valence electrons. The Morgan fingerprint density at radius 3 is 2.77 bits per heavy atom. The highest BCUT2D eigenvalue weighted by molar-refractivity contribution is 6.11. The number of amides is 2. The van der Waals surface area contributed by atoms with Crippen molar-refractivity contribution in [3.8, 4) is 0 Å². The van der Waals surface area contributed by atoms with E-state index in [1.165, 1.54) is 30.0 Å². The Morgan fingerprint density at radius 1 is 1.23 bits per heavy atom. The Labute approximate surface area is 149 Å². The fourth-order valence-corrected chi connectivity index (χ4v) is 2.75. The molecule has 6 nitrogen and oxygen atoms in total. The predicted molar refractivity (Wildman–Crippen MR) is 93.1 cm³/mol. The molecule has 1 aliphatic heterocycles. The Morgan fingerprint density at radius 2 is 2.00 bits per heavy atom.